The normalized spacial score (nSPS) is 12.9. The smallest absolute Gasteiger partial charge is 0.200 e. The Morgan fingerprint density at radius 3 is 2.46 bits per heavy atom. The van der Waals surface area contributed by atoms with Crippen molar-refractivity contribution in [3.8, 4) is 17.3 Å². The Morgan fingerprint density at radius 2 is 1.73 bits per heavy atom. The maximum atomic E-state index is 9.77. The second-order valence-corrected chi connectivity index (χ2v) is 12.7. The highest BCUT2D eigenvalue weighted by atomic mass is 32.2. The van der Waals surface area contributed by atoms with Crippen molar-refractivity contribution < 1.29 is 4.57 Å². The van der Waals surface area contributed by atoms with Crippen molar-refractivity contribution in [3.05, 3.63) is 77.5 Å². The predicted octanol–water partition coefficient (Wildman–Crippen LogP) is 8.70. The molecule has 2 heterocycles. The van der Waals surface area contributed by atoms with Crippen LogP contribution in [0.5, 0.6) is 0 Å². The molecular weight excluding hydrogens is 468 g/mol. The van der Waals surface area contributed by atoms with Crippen LogP contribution in [0.4, 0.5) is 0 Å². The van der Waals surface area contributed by atoms with Gasteiger partial charge in [-0.25, -0.2) is 4.57 Å². The lowest BCUT2D eigenvalue weighted by atomic mass is 9.84. The molecule has 0 unspecified atom stereocenters. The van der Waals surface area contributed by atoms with Crippen molar-refractivity contribution in [1.29, 1.82) is 5.26 Å². The highest BCUT2D eigenvalue weighted by Gasteiger charge is 2.33. The fraction of sp³-hybridized carbons (Fsp3) is 0.294. The van der Waals surface area contributed by atoms with Gasteiger partial charge in [0.05, 0.1) is 22.4 Å². The van der Waals surface area contributed by atoms with Gasteiger partial charge >= 0.3 is 0 Å². The highest BCUT2D eigenvalue weighted by Crippen LogP contribution is 2.53. The number of pyridine rings is 1. The van der Waals surface area contributed by atoms with E-state index in [1.807, 2.05) is 25.6 Å². The largest absolute Gasteiger partial charge is 0.222 e. The lowest BCUT2D eigenvalue weighted by molar-refractivity contribution is -0.659. The molecule has 1 aliphatic heterocycles. The topological polar surface area (TPSA) is 27.7 Å². The zero-order chi connectivity index (χ0) is 26.1. The fourth-order valence-corrected chi connectivity index (χ4v) is 7.59. The molecule has 0 fully saturated rings. The van der Waals surface area contributed by atoms with Gasteiger partial charge in [0.15, 0.2) is 6.20 Å². The SMILES string of the molecule is Cc1c2c(c(CC(C)C)c3ccccc13)Sc1cc3cccc(CC(C)(C)C#N)c3c3cc[n+](C)c-2c13. The van der Waals surface area contributed by atoms with Crippen molar-refractivity contribution in [1.82, 2.24) is 0 Å². The molecule has 1 aromatic heterocycles. The zero-order valence-electron chi connectivity index (χ0n) is 22.6. The predicted molar refractivity (Wildman–Crippen MR) is 156 cm³/mol. The van der Waals surface area contributed by atoms with E-state index < -0.39 is 5.41 Å². The number of hydrogen-bond acceptors (Lipinski definition) is 2. The van der Waals surface area contributed by atoms with E-state index in [0.29, 0.717) is 5.92 Å². The van der Waals surface area contributed by atoms with Crippen LogP contribution in [0.3, 0.4) is 0 Å². The summed E-state index contributed by atoms with van der Waals surface area (Å²) in [4.78, 5) is 2.75. The molecule has 184 valence electrons. The number of hydrogen-bond donors (Lipinski definition) is 0. The molecule has 0 spiro atoms. The maximum absolute atomic E-state index is 9.77. The van der Waals surface area contributed by atoms with Gasteiger partial charge in [-0.05, 0) is 83.8 Å². The van der Waals surface area contributed by atoms with Crippen LogP contribution in [0.15, 0.2) is 70.6 Å². The number of benzene rings is 4. The van der Waals surface area contributed by atoms with E-state index in [0.717, 1.165) is 12.8 Å². The summed E-state index contributed by atoms with van der Waals surface area (Å²) in [5, 5.41) is 17.7. The maximum Gasteiger partial charge on any atom is 0.222 e. The first-order valence-corrected chi connectivity index (χ1v) is 14.0. The van der Waals surface area contributed by atoms with E-state index in [1.165, 1.54) is 70.1 Å². The minimum absolute atomic E-state index is 0.415. The number of nitriles is 1. The molecule has 0 saturated carbocycles. The molecule has 37 heavy (non-hydrogen) atoms. The van der Waals surface area contributed by atoms with Crippen LogP contribution in [0, 0.1) is 29.6 Å². The molecule has 0 atom stereocenters. The van der Waals surface area contributed by atoms with Gasteiger partial charge in [0, 0.05) is 21.2 Å². The quantitative estimate of drug-likeness (QED) is 0.178. The van der Waals surface area contributed by atoms with Crippen LogP contribution in [0.1, 0.15) is 44.4 Å². The molecule has 6 rings (SSSR count). The van der Waals surface area contributed by atoms with E-state index in [4.69, 9.17) is 0 Å². The molecular formula is C34H33N2S+. The molecule has 0 bridgehead atoms. The van der Waals surface area contributed by atoms with Gasteiger partial charge < -0.3 is 0 Å². The Kier molecular flexibility index (Phi) is 5.58. The average molecular weight is 502 g/mol. The Morgan fingerprint density at radius 1 is 0.973 bits per heavy atom. The number of fused-ring (bicyclic) bond motifs is 5. The van der Waals surface area contributed by atoms with Gasteiger partial charge in [0.25, 0.3) is 0 Å². The van der Waals surface area contributed by atoms with Gasteiger partial charge in [-0.3, -0.25) is 0 Å². The van der Waals surface area contributed by atoms with Crippen molar-refractivity contribution in [3.63, 3.8) is 0 Å². The monoisotopic (exact) mass is 501 g/mol. The number of aryl methyl sites for hydroxylation is 2. The first-order valence-electron chi connectivity index (χ1n) is 13.2. The summed E-state index contributed by atoms with van der Waals surface area (Å²) < 4.78 is 2.32. The first-order chi connectivity index (χ1) is 17.7. The minimum Gasteiger partial charge on any atom is -0.200 e. The lowest BCUT2D eigenvalue weighted by Gasteiger charge is -2.26. The molecule has 5 aromatic rings. The summed E-state index contributed by atoms with van der Waals surface area (Å²) in [6.45, 7) is 11.0. The number of rotatable bonds is 4. The van der Waals surface area contributed by atoms with Gasteiger partial charge in [-0.1, -0.05) is 68.1 Å². The first kappa shape index (κ1) is 24.0. The van der Waals surface area contributed by atoms with Gasteiger partial charge in [-0.15, -0.1) is 0 Å². The van der Waals surface area contributed by atoms with E-state index in [2.05, 4.69) is 99.2 Å². The van der Waals surface area contributed by atoms with Crippen molar-refractivity contribution in [2.24, 2.45) is 18.4 Å². The van der Waals surface area contributed by atoms with Crippen molar-refractivity contribution >= 4 is 44.1 Å². The van der Waals surface area contributed by atoms with Crippen LogP contribution < -0.4 is 4.57 Å². The second kappa shape index (κ2) is 8.61. The second-order valence-electron chi connectivity index (χ2n) is 11.7. The summed E-state index contributed by atoms with van der Waals surface area (Å²) >= 11 is 1.95. The Labute approximate surface area is 223 Å². The highest BCUT2D eigenvalue weighted by molar-refractivity contribution is 8.00. The molecule has 0 saturated heterocycles. The van der Waals surface area contributed by atoms with Crippen LogP contribution in [-0.4, -0.2) is 0 Å². The standard InChI is InChI=1S/C34H33N2S/c1-20(2)16-27-25-13-8-7-12-24(25)21(3)29-32-31-26(14-15-36(32)6)30-22(17-28(31)37-33(27)29)10-9-11-23(30)18-34(4,5)19-35/h7-15,17,20H,16,18H2,1-6H3/q+1. The lowest BCUT2D eigenvalue weighted by Crippen LogP contribution is -2.32. The van der Waals surface area contributed by atoms with Gasteiger partial charge in [-0.2, -0.15) is 5.26 Å². The molecule has 0 radical (unpaired) electrons. The molecule has 3 heteroatoms. The third-order valence-corrected chi connectivity index (χ3v) is 9.03. The summed E-state index contributed by atoms with van der Waals surface area (Å²) in [6.07, 6.45) is 4.02. The summed E-state index contributed by atoms with van der Waals surface area (Å²) in [5.41, 5.74) is 6.37. The Bertz CT molecular complexity index is 1790. The zero-order valence-corrected chi connectivity index (χ0v) is 23.4. The van der Waals surface area contributed by atoms with Crippen molar-refractivity contribution in [2.45, 2.75) is 57.3 Å². The molecule has 0 amide bonds. The van der Waals surface area contributed by atoms with E-state index in [-0.39, 0.29) is 0 Å². The molecule has 0 N–H and O–H groups in total. The van der Waals surface area contributed by atoms with E-state index in [1.54, 1.807) is 0 Å². The van der Waals surface area contributed by atoms with Crippen LogP contribution >= 0.6 is 11.8 Å². The summed E-state index contributed by atoms with van der Waals surface area (Å²) in [7, 11) is 2.18. The van der Waals surface area contributed by atoms with Gasteiger partial charge in [0.2, 0.25) is 5.69 Å². The van der Waals surface area contributed by atoms with Crippen LogP contribution in [0.2, 0.25) is 0 Å². The van der Waals surface area contributed by atoms with Crippen LogP contribution in [-0.2, 0) is 19.9 Å². The Hall–Kier alpha value is -3.35. The van der Waals surface area contributed by atoms with E-state index >= 15 is 0 Å². The summed E-state index contributed by atoms with van der Waals surface area (Å²) in [6, 6.07) is 22.7. The Balaban J connectivity index is 1.76. The molecule has 2 nitrogen and oxygen atoms in total. The fourth-order valence-electron chi connectivity index (χ4n) is 6.20. The third kappa shape index (κ3) is 3.73. The summed E-state index contributed by atoms with van der Waals surface area (Å²) in [5.74, 6) is 0.574. The molecule has 0 aliphatic carbocycles. The van der Waals surface area contributed by atoms with Crippen molar-refractivity contribution in [2.75, 3.05) is 0 Å². The number of aromatic nitrogens is 1. The van der Waals surface area contributed by atoms with E-state index in [9.17, 15) is 5.26 Å². The van der Waals surface area contributed by atoms with Gasteiger partial charge in [0.1, 0.15) is 7.05 Å². The molecule has 1 aliphatic rings. The third-order valence-electron chi connectivity index (χ3n) is 7.84. The average Bonchev–Trinajstić information content (AvgIpc) is 2.87. The number of nitrogens with zero attached hydrogens (tertiary/aromatic N) is 2. The van der Waals surface area contributed by atoms with Crippen LogP contribution in [0.25, 0.3) is 43.6 Å². The minimum atomic E-state index is -0.415. The molecule has 4 aromatic carbocycles.